The van der Waals surface area contributed by atoms with Crippen LogP contribution in [0.25, 0.3) is 11.0 Å². The van der Waals surface area contributed by atoms with Crippen molar-refractivity contribution in [3.8, 4) is 0 Å². The van der Waals surface area contributed by atoms with Crippen LogP contribution in [0.3, 0.4) is 0 Å². The van der Waals surface area contributed by atoms with E-state index >= 15 is 0 Å². The number of halogens is 1. The molecule has 146 valence electrons. The van der Waals surface area contributed by atoms with E-state index in [-0.39, 0.29) is 24.0 Å². The average molecular weight is 481 g/mol. The smallest absolute Gasteiger partial charge is 0.191 e. The normalized spacial score (nSPS) is 11.4. The van der Waals surface area contributed by atoms with E-state index in [0.717, 1.165) is 57.0 Å². The van der Waals surface area contributed by atoms with Crippen LogP contribution >= 0.6 is 24.0 Å². The van der Waals surface area contributed by atoms with Gasteiger partial charge in [-0.15, -0.1) is 24.0 Å². The minimum atomic E-state index is 0. The van der Waals surface area contributed by atoms with E-state index in [4.69, 9.17) is 0 Å². The van der Waals surface area contributed by atoms with Crippen LogP contribution < -0.4 is 10.6 Å². The summed E-state index contributed by atoms with van der Waals surface area (Å²) in [6.45, 7) is 6.42. The molecular formula is C19H28IN7. The van der Waals surface area contributed by atoms with E-state index in [2.05, 4.69) is 49.3 Å². The van der Waals surface area contributed by atoms with Gasteiger partial charge in [0, 0.05) is 45.1 Å². The summed E-state index contributed by atoms with van der Waals surface area (Å²) in [5.74, 6) is 0.878. The first kappa shape index (κ1) is 21.2. The third kappa shape index (κ3) is 6.53. The molecule has 2 aromatic heterocycles. The quantitative estimate of drug-likeness (QED) is 0.214. The van der Waals surface area contributed by atoms with Crippen molar-refractivity contribution in [2.75, 3.05) is 19.6 Å². The number of nitrogens with zero attached hydrogens (tertiary/aromatic N) is 5. The van der Waals surface area contributed by atoms with Gasteiger partial charge in [-0.3, -0.25) is 9.67 Å². The van der Waals surface area contributed by atoms with Crippen LogP contribution in [0.4, 0.5) is 0 Å². The molecule has 3 aromatic rings. The molecule has 2 N–H and O–H groups in total. The van der Waals surface area contributed by atoms with Crippen LogP contribution in [0.2, 0.25) is 0 Å². The molecule has 0 saturated heterocycles. The Labute approximate surface area is 177 Å². The standard InChI is InChI=1S/C19H27N7.HI/c1-2-20-19(22-11-6-14-26-15-7-12-24-26)21-10-5-13-25-16-23-17-8-3-4-9-18(17)25;/h3-4,7-9,12,15-16H,2,5-6,10-11,13-14H2,1H3,(H2,20,21,22);1H. The predicted molar refractivity (Wildman–Crippen MR) is 121 cm³/mol. The zero-order valence-corrected chi connectivity index (χ0v) is 18.0. The molecule has 0 aliphatic heterocycles. The third-order valence-electron chi connectivity index (χ3n) is 4.11. The number of fused-ring (bicyclic) bond motifs is 1. The highest BCUT2D eigenvalue weighted by Gasteiger charge is 2.01. The molecule has 0 bridgehead atoms. The Bertz CT molecular complexity index is 810. The number of imidazole rings is 1. The number of benzene rings is 1. The Morgan fingerprint density at radius 2 is 2.00 bits per heavy atom. The van der Waals surface area contributed by atoms with Gasteiger partial charge in [-0.25, -0.2) is 4.98 Å². The minimum absolute atomic E-state index is 0. The van der Waals surface area contributed by atoms with Gasteiger partial charge in [0.2, 0.25) is 0 Å². The summed E-state index contributed by atoms with van der Waals surface area (Å²) in [4.78, 5) is 9.09. The zero-order valence-electron chi connectivity index (χ0n) is 15.7. The lowest BCUT2D eigenvalue weighted by Crippen LogP contribution is -2.38. The van der Waals surface area contributed by atoms with Crippen molar-refractivity contribution in [2.45, 2.75) is 32.9 Å². The lowest BCUT2D eigenvalue weighted by atomic mass is 10.3. The van der Waals surface area contributed by atoms with Crippen molar-refractivity contribution < 1.29 is 0 Å². The largest absolute Gasteiger partial charge is 0.357 e. The maximum atomic E-state index is 4.67. The first-order valence-corrected chi connectivity index (χ1v) is 9.26. The number of aliphatic imine (C=N–C) groups is 1. The summed E-state index contributed by atoms with van der Waals surface area (Å²) < 4.78 is 4.14. The van der Waals surface area contributed by atoms with E-state index in [1.165, 1.54) is 5.52 Å². The molecule has 27 heavy (non-hydrogen) atoms. The molecule has 0 saturated carbocycles. The van der Waals surface area contributed by atoms with E-state index in [1.807, 2.05) is 41.6 Å². The summed E-state index contributed by atoms with van der Waals surface area (Å²) in [6.07, 6.45) is 7.69. The van der Waals surface area contributed by atoms with E-state index in [1.54, 1.807) is 0 Å². The van der Waals surface area contributed by atoms with Crippen LogP contribution in [0.1, 0.15) is 19.8 Å². The molecule has 7 nitrogen and oxygen atoms in total. The number of hydrogen-bond acceptors (Lipinski definition) is 3. The number of aryl methyl sites for hydroxylation is 2. The fourth-order valence-corrected chi connectivity index (χ4v) is 2.84. The highest BCUT2D eigenvalue weighted by Crippen LogP contribution is 2.11. The van der Waals surface area contributed by atoms with E-state index in [0.29, 0.717) is 0 Å². The number of hydrogen-bond donors (Lipinski definition) is 2. The molecule has 0 aliphatic rings. The monoisotopic (exact) mass is 481 g/mol. The predicted octanol–water partition coefficient (Wildman–Crippen LogP) is 2.89. The SMILES string of the molecule is CCNC(=NCCCn1cnc2ccccc21)NCCCn1cccn1.I. The molecule has 2 heterocycles. The van der Waals surface area contributed by atoms with Crippen LogP contribution in [0, 0.1) is 0 Å². The fourth-order valence-electron chi connectivity index (χ4n) is 2.84. The van der Waals surface area contributed by atoms with Crippen molar-refractivity contribution >= 4 is 41.0 Å². The summed E-state index contributed by atoms with van der Waals surface area (Å²) in [6, 6.07) is 10.2. The van der Waals surface area contributed by atoms with Crippen molar-refractivity contribution in [3.63, 3.8) is 0 Å². The fraction of sp³-hybridized carbons (Fsp3) is 0.421. The molecule has 1 aromatic carbocycles. The summed E-state index contributed by atoms with van der Waals surface area (Å²) in [7, 11) is 0. The second-order valence-electron chi connectivity index (χ2n) is 6.09. The summed E-state index contributed by atoms with van der Waals surface area (Å²) in [5, 5.41) is 10.9. The van der Waals surface area contributed by atoms with Gasteiger partial charge in [0.1, 0.15) is 0 Å². The van der Waals surface area contributed by atoms with E-state index in [9.17, 15) is 0 Å². The van der Waals surface area contributed by atoms with Crippen LogP contribution in [0.15, 0.2) is 54.0 Å². The molecule has 0 aliphatic carbocycles. The van der Waals surface area contributed by atoms with Gasteiger partial charge in [-0.05, 0) is 38.0 Å². The Morgan fingerprint density at radius 3 is 2.81 bits per heavy atom. The Kier molecular flexibility index (Phi) is 9.09. The van der Waals surface area contributed by atoms with Gasteiger partial charge < -0.3 is 15.2 Å². The first-order valence-electron chi connectivity index (χ1n) is 9.26. The van der Waals surface area contributed by atoms with Gasteiger partial charge in [0.25, 0.3) is 0 Å². The van der Waals surface area contributed by atoms with Crippen molar-refractivity contribution in [1.29, 1.82) is 0 Å². The molecule has 0 fully saturated rings. The summed E-state index contributed by atoms with van der Waals surface area (Å²) in [5.41, 5.74) is 2.23. The van der Waals surface area contributed by atoms with Crippen LogP contribution in [0.5, 0.6) is 0 Å². The third-order valence-corrected chi connectivity index (χ3v) is 4.11. The lowest BCUT2D eigenvalue weighted by molar-refractivity contribution is 0.570. The van der Waals surface area contributed by atoms with Gasteiger partial charge >= 0.3 is 0 Å². The number of nitrogens with one attached hydrogen (secondary N) is 2. The van der Waals surface area contributed by atoms with E-state index < -0.39 is 0 Å². The van der Waals surface area contributed by atoms with Crippen molar-refractivity contribution in [1.82, 2.24) is 30.0 Å². The van der Waals surface area contributed by atoms with Crippen molar-refractivity contribution in [2.24, 2.45) is 4.99 Å². The Hall–Kier alpha value is -2.10. The Balaban J connectivity index is 0.00000261. The lowest BCUT2D eigenvalue weighted by Gasteiger charge is -2.11. The molecule has 3 rings (SSSR count). The topological polar surface area (TPSA) is 72.1 Å². The first-order chi connectivity index (χ1) is 12.9. The highest BCUT2D eigenvalue weighted by atomic mass is 127. The number of guanidine groups is 1. The molecule has 8 heteroatoms. The van der Waals surface area contributed by atoms with Crippen LogP contribution in [-0.2, 0) is 13.1 Å². The molecule has 0 unspecified atom stereocenters. The Morgan fingerprint density at radius 1 is 1.11 bits per heavy atom. The second-order valence-corrected chi connectivity index (χ2v) is 6.09. The van der Waals surface area contributed by atoms with Gasteiger partial charge in [-0.2, -0.15) is 5.10 Å². The maximum Gasteiger partial charge on any atom is 0.191 e. The molecule has 0 atom stereocenters. The van der Waals surface area contributed by atoms with Gasteiger partial charge in [0.05, 0.1) is 17.4 Å². The molecular weight excluding hydrogens is 453 g/mol. The maximum absolute atomic E-state index is 4.67. The molecule has 0 radical (unpaired) electrons. The van der Waals surface area contributed by atoms with Crippen LogP contribution in [-0.4, -0.2) is 44.9 Å². The molecule has 0 spiro atoms. The minimum Gasteiger partial charge on any atom is -0.357 e. The van der Waals surface area contributed by atoms with Gasteiger partial charge in [-0.1, -0.05) is 12.1 Å². The average Bonchev–Trinajstić information content (AvgIpc) is 3.32. The summed E-state index contributed by atoms with van der Waals surface area (Å²) >= 11 is 0. The molecule has 0 amide bonds. The second kappa shape index (κ2) is 11.6. The van der Waals surface area contributed by atoms with Gasteiger partial charge in [0.15, 0.2) is 5.96 Å². The number of rotatable bonds is 9. The number of para-hydroxylation sites is 2. The highest BCUT2D eigenvalue weighted by molar-refractivity contribution is 14.0. The van der Waals surface area contributed by atoms with Crippen molar-refractivity contribution in [3.05, 3.63) is 49.1 Å². The number of aromatic nitrogens is 4. The zero-order chi connectivity index (χ0) is 18.0.